The van der Waals surface area contributed by atoms with Crippen molar-refractivity contribution in [1.29, 1.82) is 0 Å². The second kappa shape index (κ2) is 16.4. The molecule has 9 heteroatoms. The number of benzene rings is 6. The Labute approximate surface area is 338 Å². The van der Waals surface area contributed by atoms with Crippen molar-refractivity contribution in [2.24, 2.45) is 14.1 Å². The number of ether oxygens (including phenoxy) is 2. The van der Waals surface area contributed by atoms with Crippen molar-refractivity contribution in [3.05, 3.63) is 121 Å². The van der Waals surface area contributed by atoms with Gasteiger partial charge in [-0.2, -0.15) is 9.13 Å². The fraction of sp³-hybridized carbons (Fsp3) is 0.191. The van der Waals surface area contributed by atoms with Crippen LogP contribution in [0, 0.1) is 0 Å². The number of hydrogen-bond donors (Lipinski definition) is 4. The third kappa shape index (κ3) is 7.59. The molecule has 0 amide bonds. The lowest BCUT2D eigenvalue weighted by atomic mass is 9.98. The Hall–Kier alpha value is -6.06. The summed E-state index contributed by atoms with van der Waals surface area (Å²) in [5.41, 5.74) is 34.3. The summed E-state index contributed by atoms with van der Waals surface area (Å²) in [4.78, 5) is 0. The molecule has 0 unspecified atom stereocenters. The highest BCUT2D eigenvalue weighted by atomic mass is 79.9. The molecule has 2 heterocycles. The number of hydrogen-bond acceptors (Lipinski definition) is 6. The largest absolute Gasteiger partial charge is 1.00 e. The molecule has 0 aliphatic carbocycles. The van der Waals surface area contributed by atoms with Crippen LogP contribution in [0.2, 0.25) is 0 Å². The number of fused-ring (bicyclic) bond motifs is 6. The topological polar surface area (TPSA) is 130 Å². The van der Waals surface area contributed by atoms with Crippen LogP contribution in [-0.4, -0.2) is 13.2 Å². The van der Waals surface area contributed by atoms with Crippen LogP contribution in [0.25, 0.3) is 65.9 Å². The summed E-state index contributed by atoms with van der Waals surface area (Å²) >= 11 is 0. The zero-order valence-electron chi connectivity index (χ0n) is 31.9. The van der Waals surface area contributed by atoms with Gasteiger partial charge in [0.25, 0.3) is 0 Å². The van der Waals surface area contributed by atoms with Gasteiger partial charge in [0, 0.05) is 45.7 Å². The third-order valence-electron chi connectivity index (χ3n) is 10.7. The fourth-order valence-corrected chi connectivity index (χ4v) is 7.97. The molecule has 0 bridgehead atoms. The van der Waals surface area contributed by atoms with Crippen LogP contribution in [0.5, 0.6) is 11.5 Å². The zero-order valence-corrected chi connectivity index (χ0v) is 33.5. The summed E-state index contributed by atoms with van der Waals surface area (Å²) < 4.78 is 16.9. The van der Waals surface area contributed by atoms with E-state index in [-0.39, 0.29) is 17.0 Å². The second-order valence-corrected chi connectivity index (χ2v) is 14.5. The van der Waals surface area contributed by atoms with E-state index < -0.39 is 0 Å². The molecule has 0 saturated carbocycles. The molecular weight excluding hydrogens is 760 g/mol. The first kappa shape index (κ1) is 38.2. The van der Waals surface area contributed by atoms with Gasteiger partial charge >= 0.3 is 0 Å². The molecule has 284 valence electrons. The quantitative estimate of drug-likeness (QED) is 0.0517. The number of rotatable bonds is 12. The monoisotopic (exact) mass is 807 g/mol. The van der Waals surface area contributed by atoms with Gasteiger partial charge in [-0.1, -0.05) is 43.5 Å². The van der Waals surface area contributed by atoms with Gasteiger partial charge in [0.05, 0.1) is 45.9 Å². The highest BCUT2D eigenvalue weighted by molar-refractivity contribution is 6.11. The van der Waals surface area contributed by atoms with Crippen LogP contribution in [0.15, 0.2) is 121 Å². The first-order chi connectivity index (χ1) is 26.7. The molecule has 0 saturated heterocycles. The first-order valence-corrected chi connectivity index (χ1v) is 19.0. The first-order valence-electron chi connectivity index (χ1n) is 19.0. The molecule has 56 heavy (non-hydrogen) atoms. The molecule has 0 atom stereocenters. The van der Waals surface area contributed by atoms with Gasteiger partial charge in [-0.05, 0) is 97.8 Å². The van der Waals surface area contributed by atoms with E-state index in [0.717, 1.165) is 132 Å². The molecule has 0 spiro atoms. The molecule has 8 nitrogen and oxygen atoms in total. The smallest absolute Gasteiger partial charge is 0.220 e. The normalized spacial score (nSPS) is 11.3. The highest BCUT2D eigenvalue weighted by Crippen LogP contribution is 2.36. The number of nitrogens with zero attached hydrogens (tertiary/aromatic N) is 2. The van der Waals surface area contributed by atoms with Gasteiger partial charge in [-0.3, -0.25) is 0 Å². The van der Waals surface area contributed by atoms with Crippen LogP contribution < -0.4 is 58.5 Å². The van der Waals surface area contributed by atoms with Crippen molar-refractivity contribution in [2.45, 2.75) is 32.1 Å². The SMILES string of the molecule is C[n+]1c(-c2cccc(OCCCCCCCOc3cccc(-c4c5cc(N)ccc5c5ccc(N)cc5[n+]4C)c3)c2)c2cc(N)ccc2c2ccc(N)cc21.[Br-]. The van der Waals surface area contributed by atoms with Crippen molar-refractivity contribution in [3.8, 4) is 34.0 Å². The van der Waals surface area contributed by atoms with Crippen LogP contribution in [0.4, 0.5) is 22.7 Å². The van der Waals surface area contributed by atoms with Crippen LogP contribution in [0.3, 0.4) is 0 Å². The minimum absolute atomic E-state index is 0. The molecule has 8 rings (SSSR count). The molecular formula is C47H48BrN6O2+. The maximum absolute atomic E-state index is 6.28. The maximum atomic E-state index is 6.28. The molecule has 6 aromatic carbocycles. The van der Waals surface area contributed by atoms with Crippen molar-refractivity contribution in [1.82, 2.24) is 0 Å². The molecule has 0 aliphatic rings. The lowest BCUT2D eigenvalue weighted by Gasteiger charge is -2.12. The van der Waals surface area contributed by atoms with Crippen molar-refractivity contribution in [3.63, 3.8) is 0 Å². The Morgan fingerprint density at radius 3 is 1.21 bits per heavy atom. The Morgan fingerprint density at radius 1 is 0.411 bits per heavy atom. The molecule has 0 fully saturated rings. The summed E-state index contributed by atoms with van der Waals surface area (Å²) in [5, 5.41) is 6.76. The maximum Gasteiger partial charge on any atom is 0.220 e. The van der Waals surface area contributed by atoms with E-state index in [0.29, 0.717) is 13.2 Å². The summed E-state index contributed by atoms with van der Waals surface area (Å²) in [6, 6.07) is 41.0. The number of halogens is 1. The van der Waals surface area contributed by atoms with Gasteiger partial charge in [0.15, 0.2) is 0 Å². The number of unbranched alkanes of at least 4 members (excludes halogenated alkanes) is 4. The standard InChI is InChI=1S/C47H46N6O2.BrH/c1-52-44-28-34(50)16-20-40(44)38-18-14-32(48)26-42(38)46(52)30-10-8-12-36(24-30)54-22-6-4-3-5-7-23-55-37-13-9-11-31(25-37)47-43-27-33(49)15-19-39(43)41-21-17-35(51)29-45(41)53(47)2;/h8-21,24-29,50-51H,3-7,22-23,48-49H2,1-2H3;1H/p+1. The van der Waals surface area contributed by atoms with E-state index >= 15 is 0 Å². The average molecular weight is 809 g/mol. The van der Waals surface area contributed by atoms with Crippen LogP contribution >= 0.6 is 0 Å². The summed E-state index contributed by atoms with van der Waals surface area (Å²) in [6.07, 6.45) is 5.30. The number of aromatic nitrogens is 2. The summed E-state index contributed by atoms with van der Waals surface area (Å²) in [6.45, 7) is 1.33. The lowest BCUT2D eigenvalue weighted by Crippen LogP contribution is -3.00. The number of pyridine rings is 2. The number of anilines is 4. The zero-order chi connectivity index (χ0) is 38.1. The Bertz CT molecular complexity index is 2550. The van der Waals surface area contributed by atoms with Crippen LogP contribution in [-0.2, 0) is 14.1 Å². The Balaban J connectivity index is 0.00000480. The van der Waals surface area contributed by atoms with Gasteiger partial charge in [0.2, 0.25) is 22.4 Å². The van der Waals surface area contributed by atoms with Crippen molar-refractivity contribution >= 4 is 66.1 Å². The third-order valence-corrected chi connectivity index (χ3v) is 10.7. The van der Waals surface area contributed by atoms with Gasteiger partial charge < -0.3 is 49.4 Å². The molecule has 0 aliphatic heterocycles. The predicted molar refractivity (Wildman–Crippen MR) is 228 cm³/mol. The Kier molecular flexibility index (Phi) is 11.2. The molecule has 2 aromatic heterocycles. The van der Waals surface area contributed by atoms with E-state index in [9.17, 15) is 0 Å². The minimum atomic E-state index is 0. The van der Waals surface area contributed by atoms with E-state index in [1.165, 1.54) is 0 Å². The second-order valence-electron chi connectivity index (χ2n) is 14.5. The summed E-state index contributed by atoms with van der Waals surface area (Å²) in [7, 11) is 4.16. The molecule has 8 aromatic rings. The van der Waals surface area contributed by atoms with Gasteiger partial charge in [-0.25, -0.2) is 0 Å². The van der Waals surface area contributed by atoms with E-state index in [1.807, 2.05) is 48.5 Å². The fourth-order valence-electron chi connectivity index (χ4n) is 7.97. The van der Waals surface area contributed by atoms with E-state index in [1.54, 1.807) is 0 Å². The molecule has 8 N–H and O–H groups in total. The van der Waals surface area contributed by atoms with Gasteiger partial charge in [-0.15, -0.1) is 0 Å². The minimum Gasteiger partial charge on any atom is -1.00 e. The van der Waals surface area contributed by atoms with Crippen molar-refractivity contribution < 1.29 is 35.6 Å². The summed E-state index contributed by atoms with van der Waals surface area (Å²) in [5.74, 6) is 1.71. The molecule has 0 radical (unpaired) electrons. The number of nitrogens with two attached hydrogens (primary N) is 4. The van der Waals surface area contributed by atoms with E-state index in [4.69, 9.17) is 32.4 Å². The number of nitrogen functional groups attached to an aromatic ring is 4. The van der Waals surface area contributed by atoms with E-state index in [2.05, 4.69) is 96.0 Å². The van der Waals surface area contributed by atoms with Gasteiger partial charge in [0.1, 0.15) is 25.6 Å². The Morgan fingerprint density at radius 2 is 0.786 bits per heavy atom. The lowest BCUT2D eigenvalue weighted by molar-refractivity contribution is -0.632. The van der Waals surface area contributed by atoms with Crippen LogP contribution in [0.1, 0.15) is 32.1 Å². The highest BCUT2D eigenvalue weighted by Gasteiger charge is 2.23. The number of aryl methyl sites for hydroxylation is 2. The average Bonchev–Trinajstić information content (AvgIpc) is 3.18. The van der Waals surface area contributed by atoms with Crippen molar-refractivity contribution in [2.75, 3.05) is 36.1 Å². The predicted octanol–water partition coefficient (Wildman–Crippen LogP) is 6.02.